The van der Waals surface area contributed by atoms with Crippen LogP contribution in [0.25, 0.3) is 0 Å². The van der Waals surface area contributed by atoms with E-state index in [0.717, 1.165) is 6.07 Å². The van der Waals surface area contributed by atoms with Crippen molar-refractivity contribution in [1.82, 2.24) is 5.32 Å². The van der Waals surface area contributed by atoms with E-state index >= 15 is 0 Å². The smallest absolute Gasteiger partial charge is 0.292 e. The Bertz CT molecular complexity index is 706. The van der Waals surface area contributed by atoms with Crippen molar-refractivity contribution in [2.24, 2.45) is 0 Å². The summed E-state index contributed by atoms with van der Waals surface area (Å²) in [5.74, 6) is -6.70. The molecule has 1 amide bonds. The first-order valence-corrected chi connectivity index (χ1v) is 6.96. The number of hydrogen-bond acceptors (Lipinski definition) is 1. The zero-order chi connectivity index (χ0) is 16.3. The minimum absolute atomic E-state index is 0.179. The standard InChI is InChI=1S/C15H10BrF4NO/c16-12-4-2-1-3-10(12)14(22)21-8-15(19,20)11-6-5-9(17)7-13(11)18/h1-7H,8H2,(H,21,22). The van der Waals surface area contributed by atoms with Gasteiger partial charge in [-0.3, -0.25) is 4.79 Å². The third kappa shape index (κ3) is 3.65. The molecule has 2 aromatic carbocycles. The molecule has 1 N–H and O–H groups in total. The Kier molecular flexibility index (Phi) is 4.85. The third-order valence-electron chi connectivity index (χ3n) is 2.91. The van der Waals surface area contributed by atoms with Crippen LogP contribution in [0.2, 0.25) is 0 Å². The molecule has 0 unspecified atom stereocenters. The van der Waals surface area contributed by atoms with Crippen LogP contribution in [0.5, 0.6) is 0 Å². The van der Waals surface area contributed by atoms with Crippen LogP contribution in [0, 0.1) is 11.6 Å². The lowest BCUT2D eigenvalue weighted by Gasteiger charge is -2.18. The highest BCUT2D eigenvalue weighted by molar-refractivity contribution is 9.10. The number of rotatable bonds is 4. The van der Waals surface area contributed by atoms with E-state index in [9.17, 15) is 22.4 Å². The number of hydrogen-bond donors (Lipinski definition) is 1. The molecule has 0 radical (unpaired) electrons. The number of nitrogens with one attached hydrogen (secondary N) is 1. The molecule has 2 nitrogen and oxygen atoms in total. The van der Waals surface area contributed by atoms with E-state index in [2.05, 4.69) is 15.9 Å². The zero-order valence-corrected chi connectivity index (χ0v) is 12.6. The summed E-state index contributed by atoms with van der Waals surface area (Å²) in [5.41, 5.74) is -0.792. The largest absolute Gasteiger partial charge is 0.346 e. The molecule has 0 aromatic heterocycles. The molecule has 7 heteroatoms. The lowest BCUT2D eigenvalue weighted by molar-refractivity contribution is -0.00589. The van der Waals surface area contributed by atoms with E-state index in [1.54, 1.807) is 18.2 Å². The maximum atomic E-state index is 13.9. The van der Waals surface area contributed by atoms with Crippen molar-refractivity contribution in [3.05, 3.63) is 69.7 Å². The molecule has 2 rings (SSSR count). The van der Waals surface area contributed by atoms with Crippen molar-refractivity contribution in [1.29, 1.82) is 0 Å². The van der Waals surface area contributed by atoms with Gasteiger partial charge in [0.15, 0.2) is 0 Å². The average molecular weight is 376 g/mol. The molecule has 0 fully saturated rings. The topological polar surface area (TPSA) is 29.1 Å². The Balaban J connectivity index is 2.13. The predicted molar refractivity (Wildman–Crippen MR) is 76.7 cm³/mol. The summed E-state index contributed by atoms with van der Waals surface area (Å²) in [4.78, 5) is 11.9. The van der Waals surface area contributed by atoms with Gasteiger partial charge in [-0.15, -0.1) is 0 Å². The summed E-state index contributed by atoms with van der Waals surface area (Å²) in [5, 5.41) is 2.04. The molecule has 0 spiro atoms. The summed E-state index contributed by atoms with van der Waals surface area (Å²) in [6.45, 7) is -1.10. The Hall–Kier alpha value is -1.89. The van der Waals surface area contributed by atoms with Crippen molar-refractivity contribution in [2.75, 3.05) is 6.54 Å². The van der Waals surface area contributed by atoms with Gasteiger partial charge in [0.2, 0.25) is 0 Å². The van der Waals surface area contributed by atoms with E-state index in [1.165, 1.54) is 6.07 Å². The van der Waals surface area contributed by atoms with Gasteiger partial charge in [0.25, 0.3) is 11.8 Å². The second kappa shape index (κ2) is 6.48. The fourth-order valence-electron chi connectivity index (χ4n) is 1.81. The molecular weight excluding hydrogens is 366 g/mol. The molecule has 0 saturated carbocycles. The van der Waals surface area contributed by atoms with Gasteiger partial charge in [-0.05, 0) is 40.2 Å². The van der Waals surface area contributed by atoms with E-state index in [1.807, 2.05) is 5.32 Å². The minimum Gasteiger partial charge on any atom is -0.346 e. The molecule has 0 saturated heterocycles. The average Bonchev–Trinajstić information content (AvgIpc) is 2.45. The maximum Gasteiger partial charge on any atom is 0.292 e. The SMILES string of the molecule is O=C(NCC(F)(F)c1ccc(F)cc1F)c1ccccc1Br. The van der Waals surface area contributed by atoms with Gasteiger partial charge in [-0.1, -0.05) is 12.1 Å². The van der Waals surface area contributed by atoms with Crippen LogP contribution in [0.15, 0.2) is 46.9 Å². The molecule has 22 heavy (non-hydrogen) atoms. The van der Waals surface area contributed by atoms with Crippen molar-refractivity contribution in [3.63, 3.8) is 0 Å². The summed E-state index contributed by atoms with van der Waals surface area (Å²) >= 11 is 3.13. The van der Waals surface area contributed by atoms with Crippen LogP contribution in [0.3, 0.4) is 0 Å². The van der Waals surface area contributed by atoms with E-state index < -0.39 is 35.6 Å². The molecule has 0 aliphatic heterocycles. The third-order valence-corrected chi connectivity index (χ3v) is 3.61. The maximum absolute atomic E-state index is 13.9. The van der Waals surface area contributed by atoms with Gasteiger partial charge in [0.1, 0.15) is 11.6 Å². The van der Waals surface area contributed by atoms with Crippen LogP contribution in [0.1, 0.15) is 15.9 Å². The van der Waals surface area contributed by atoms with Crippen molar-refractivity contribution < 1.29 is 22.4 Å². The molecule has 2 aromatic rings. The molecule has 0 atom stereocenters. The lowest BCUT2D eigenvalue weighted by Crippen LogP contribution is -2.35. The first-order chi connectivity index (χ1) is 10.3. The normalized spacial score (nSPS) is 11.3. The number of carbonyl (C=O) groups excluding carboxylic acids is 1. The van der Waals surface area contributed by atoms with Gasteiger partial charge in [0.05, 0.1) is 17.7 Å². The lowest BCUT2D eigenvalue weighted by atomic mass is 10.1. The van der Waals surface area contributed by atoms with Crippen LogP contribution >= 0.6 is 15.9 Å². The first kappa shape index (κ1) is 16.5. The molecule has 0 aliphatic rings. The van der Waals surface area contributed by atoms with Gasteiger partial charge >= 0.3 is 0 Å². The number of halogens is 5. The van der Waals surface area contributed by atoms with E-state index in [4.69, 9.17) is 0 Å². The van der Waals surface area contributed by atoms with Crippen LogP contribution in [-0.4, -0.2) is 12.5 Å². The predicted octanol–water partition coefficient (Wildman–Crippen LogP) is 4.25. The summed E-state index contributed by atoms with van der Waals surface area (Å²) in [6, 6.07) is 8.07. The first-order valence-electron chi connectivity index (χ1n) is 6.17. The molecule has 116 valence electrons. The number of carbonyl (C=O) groups is 1. The highest BCUT2D eigenvalue weighted by Crippen LogP contribution is 2.30. The quantitative estimate of drug-likeness (QED) is 0.795. The number of amides is 1. The zero-order valence-electron chi connectivity index (χ0n) is 11.0. The molecular formula is C15H10BrF4NO. The van der Waals surface area contributed by atoms with Crippen molar-refractivity contribution >= 4 is 21.8 Å². The Morgan fingerprint density at radius 3 is 2.45 bits per heavy atom. The summed E-state index contributed by atoms with van der Waals surface area (Å²) in [7, 11) is 0. The van der Waals surface area contributed by atoms with E-state index in [-0.39, 0.29) is 5.56 Å². The highest BCUT2D eigenvalue weighted by Gasteiger charge is 2.35. The van der Waals surface area contributed by atoms with Crippen LogP contribution in [-0.2, 0) is 5.92 Å². The molecule has 0 aliphatic carbocycles. The Morgan fingerprint density at radius 2 is 1.82 bits per heavy atom. The van der Waals surface area contributed by atoms with Gasteiger partial charge < -0.3 is 5.32 Å². The van der Waals surface area contributed by atoms with Gasteiger partial charge in [-0.2, -0.15) is 8.78 Å². The number of benzene rings is 2. The van der Waals surface area contributed by atoms with Crippen LogP contribution < -0.4 is 5.32 Å². The van der Waals surface area contributed by atoms with Crippen molar-refractivity contribution in [3.8, 4) is 0 Å². The Labute approximate surface area is 132 Å². The molecule has 0 heterocycles. The monoisotopic (exact) mass is 375 g/mol. The van der Waals surface area contributed by atoms with Crippen LogP contribution in [0.4, 0.5) is 17.6 Å². The van der Waals surface area contributed by atoms with Gasteiger partial charge in [-0.25, -0.2) is 8.78 Å². The van der Waals surface area contributed by atoms with E-state index in [0.29, 0.717) is 16.6 Å². The minimum atomic E-state index is -3.66. The highest BCUT2D eigenvalue weighted by atomic mass is 79.9. The second-order valence-electron chi connectivity index (χ2n) is 4.49. The number of alkyl halides is 2. The summed E-state index contributed by atoms with van der Waals surface area (Å²) < 4.78 is 54.5. The Morgan fingerprint density at radius 1 is 1.14 bits per heavy atom. The fourth-order valence-corrected chi connectivity index (χ4v) is 2.28. The second-order valence-corrected chi connectivity index (χ2v) is 5.35. The fraction of sp³-hybridized carbons (Fsp3) is 0.133. The van der Waals surface area contributed by atoms with Gasteiger partial charge in [0, 0.05) is 10.5 Å². The molecule has 0 bridgehead atoms. The van der Waals surface area contributed by atoms with Crippen molar-refractivity contribution in [2.45, 2.75) is 5.92 Å². The summed E-state index contributed by atoms with van der Waals surface area (Å²) in [6.07, 6.45) is 0.